The molecule has 2 atom stereocenters. The van der Waals surface area contributed by atoms with Gasteiger partial charge < -0.3 is 9.47 Å². The monoisotopic (exact) mass is 471 g/mol. The van der Waals surface area contributed by atoms with Gasteiger partial charge in [0.15, 0.2) is 0 Å². The van der Waals surface area contributed by atoms with Crippen molar-refractivity contribution in [1.29, 1.82) is 5.26 Å². The highest BCUT2D eigenvalue weighted by molar-refractivity contribution is 5.80. The van der Waals surface area contributed by atoms with Crippen LogP contribution in [0.5, 0.6) is 0 Å². The zero-order valence-corrected chi connectivity index (χ0v) is 18.3. The van der Waals surface area contributed by atoms with E-state index in [1.807, 2.05) is 22.6 Å². The zero-order chi connectivity index (χ0) is 24.0. The first-order valence-corrected chi connectivity index (χ1v) is 11.0. The smallest absolute Gasteiger partial charge is 0.365 e. The minimum absolute atomic E-state index is 0.00763. The molecule has 0 spiro atoms. The number of nitriles is 1. The first kappa shape index (κ1) is 22.3. The Labute approximate surface area is 193 Å². The van der Waals surface area contributed by atoms with E-state index < -0.39 is 17.8 Å². The lowest BCUT2D eigenvalue weighted by Crippen LogP contribution is -2.44. The normalized spacial score (nSPS) is 20.9. The standard InChI is InChI=1S/C23H21F4N7/c1-33-12-30-32-22(33)14-6-7-34(17(8-14)13-2-3-13)21-16(10-28)9-18(23(25,26)27)31-20(21)15-4-5-19(24)29-11-15/h4-5,9,11-14,17H,2-3,6-8H2,1H3/t14-,17+/m1/s1. The molecule has 7 nitrogen and oxygen atoms in total. The van der Waals surface area contributed by atoms with Gasteiger partial charge in [0.25, 0.3) is 0 Å². The van der Waals surface area contributed by atoms with Crippen LogP contribution in [0, 0.1) is 23.2 Å². The molecule has 2 aliphatic rings. The first-order chi connectivity index (χ1) is 16.3. The highest BCUT2D eigenvalue weighted by Gasteiger charge is 2.43. The van der Waals surface area contributed by atoms with Crippen molar-refractivity contribution >= 4 is 5.69 Å². The molecule has 0 aromatic carbocycles. The molecule has 1 saturated carbocycles. The van der Waals surface area contributed by atoms with Crippen LogP contribution < -0.4 is 4.90 Å². The van der Waals surface area contributed by atoms with Gasteiger partial charge in [0.05, 0.1) is 16.9 Å². The number of rotatable bonds is 4. The van der Waals surface area contributed by atoms with Crippen LogP contribution in [0.25, 0.3) is 11.3 Å². The van der Waals surface area contributed by atoms with E-state index in [-0.39, 0.29) is 28.8 Å². The van der Waals surface area contributed by atoms with Crippen LogP contribution in [-0.4, -0.2) is 37.3 Å². The van der Waals surface area contributed by atoms with E-state index >= 15 is 0 Å². The Morgan fingerprint density at radius 2 is 1.97 bits per heavy atom. The van der Waals surface area contributed by atoms with Gasteiger partial charge in [-0.05, 0) is 49.8 Å². The number of halogens is 4. The van der Waals surface area contributed by atoms with Gasteiger partial charge in [-0.25, -0.2) is 9.97 Å². The molecule has 1 aliphatic carbocycles. The topological polar surface area (TPSA) is 83.5 Å². The Hall–Kier alpha value is -3.55. The number of aromatic nitrogens is 5. The maximum atomic E-state index is 13.6. The second kappa shape index (κ2) is 8.34. The van der Waals surface area contributed by atoms with Crippen molar-refractivity contribution < 1.29 is 17.6 Å². The molecule has 0 N–H and O–H groups in total. The van der Waals surface area contributed by atoms with Gasteiger partial charge >= 0.3 is 6.18 Å². The van der Waals surface area contributed by atoms with Gasteiger partial charge in [0.2, 0.25) is 5.95 Å². The van der Waals surface area contributed by atoms with E-state index in [1.54, 1.807) is 6.33 Å². The van der Waals surface area contributed by atoms with E-state index in [2.05, 4.69) is 20.2 Å². The summed E-state index contributed by atoms with van der Waals surface area (Å²) in [6.07, 6.45) is 1.53. The predicted molar refractivity (Wildman–Crippen MR) is 114 cm³/mol. The summed E-state index contributed by atoms with van der Waals surface area (Å²) < 4.78 is 56.2. The number of hydrogen-bond donors (Lipinski definition) is 0. The number of aryl methyl sites for hydroxylation is 1. The molecule has 1 saturated heterocycles. The summed E-state index contributed by atoms with van der Waals surface area (Å²) in [5.74, 6) is 0.639. The fourth-order valence-corrected chi connectivity index (χ4v) is 4.88. The van der Waals surface area contributed by atoms with Crippen LogP contribution in [0.4, 0.5) is 23.2 Å². The maximum absolute atomic E-state index is 13.6. The van der Waals surface area contributed by atoms with Crippen molar-refractivity contribution in [1.82, 2.24) is 24.7 Å². The summed E-state index contributed by atoms with van der Waals surface area (Å²) in [5.41, 5.74) is -0.712. The Morgan fingerprint density at radius 3 is 2.56 bits per heavy atom. The van der Waals surface area contributed by atoms with Gasteiger partial charge in [0.1, 0.15) is 23.9 Å². The highest BCUT2D eigenvalue weighted by Crippen LogP contribution is 2.47. The van der Waals surface area contributed by atoms with Gasteiger partial charge in [-0.3, -0.25) is 0 Å². The number of piperidine rings is 1. The summed E-state index contributed by atoms with van der Waals surface area (Å²) in [4.78, 5) is 9.54. The molecular weight excluding hydrogens is 450 g/mol. The molecular formula is C23H21F4N7. The molecule has 11 heteroatoms. The van der Waals surface area contributed by atoms with Crippen molar-refractivity contribution in [2.75, 3.05) is 11.4 Å². The van der Waals surface area contributed by atoms with E-state index in [9.17, 15) is 22.8 Å². The lowest BCUT2D eigenvalue weighted by Gasteiger charge is -2.42. The van der Waals surface area contributed by atoms with Crippen molar-refractivity contribution in [3.8, 4) is 17.3 Å². The summed E-state index contributed by atoms with van der Waals surface area (Å²) in [7, 11) is 1.89. The average Bonchev–Trinajstić information content (AvgIpc) is 3.58. The quantitative estimate of drug-likeness (QED) is 0.413. The number of pyridine rings is 2. The van der Waals surface area contributed by atoms with Crippen LogP contribution in [0.15, 0.2) is 30.7 Å². The third kappa shape index (κ3) is 4.08. The maximum Gasteiger partial charge on any atom is 0.433 e. The lowest BCUT2D eigenvalue weighted by atomic mass is 9.86. The lowest BCUT2D eigenvalue weighted by molar-refractivity contribution is -0.141. The van der Waals surface area contributed by atoms with E-state index in [0.717, 1.165) is 43.4 Å². The second-order valence-corrected chi connectivity index (χ2v) is 8.85. The molecule has 176 valence electrons. The zero-order valence-electron chi connectivity index (χ0n) is 18.3. The molecule has 3 aromatic rings. The summed E-state index contributed by atoms with van der Waals surface area (Å²) in [5, 5.41) is 18.1. The fourth-order valence-electron chi connectivity index (χ4n) is 4.88. The molecule has 5 rings (SSSR count). The minimum Gasteiger partial charge on any atom is -0.365 e. The SMILES string of the molecule is Cn1cnnc1[C@@H]1CCN(c2c(C#N)cc(C(F)(F)F)nc2-c2ccc(F)nc2)[C@H](C2CC2)C1. The molecule has 0 bridgehead atoms. The Bertz CT molecular complexity index is 1240. The Balaban J connectivity index is 1.62. The summed E-state index contributed by atoms with van der Waals surface area (Å²) in [6, 6.07) is 5.18. The Kier molecular flexibility index (Phi) is 5.46. The highest BCUT2D eigenvalue weighted by atomic mass is 19.4. The van der Waals surface area contributed by atoms with Gasteiger partial charge in [-0.15, -0.1) is 10.2 Å². The molecule has 3 aromatic heterocycles. The van der Waals surface area contributed by atoms with E-state index in [0.29, 0.717) is 24.6 Å². The van der Waals surface area contributed by atoms with Crippen molar-refractivity contribution in [2.45, 2.75) is 43.8 Å². The second-order valence-electron chi connectivity index (χ2n) is 8.85. The van der Waals surface area contributed by atoms with Gasteiger partial charge in [0, 0.05) is 37.3 Å². The van der Waals surface area contributed by atoms with E-state index in [1.165, 1.54) is 6.07 Å². The van der Waals surface area contributed by atoms with Crippen LogP contribution in [0.3, 0.4) is 0 Å². The van der Waals surface area contributed by atoms with Crippen molar-refractivity contribution in [3.63, 3.8) is 0 Å². The van der Waals surface area contributed by atoms with Crippen molar-refractivity contribution in [2.24, 2.45) is 13.0 Å². The fraction of sp³-hybridized carbons (Fsp3) is 0.435. The number of nitrogens with zero attached hydrogens (tertiary/aromatic N) is 7. The molecule has 1 aliphatic heterocycles. The number of anilines is 1. The number of hydrogen-bond acceptors (Lipinski definition) is 6. The predicted octanol–water partition coefficient (Wildman–Crippen LogP) is 4.46. The van der Waals surface area contributed by atoms with Crippen LogP contribution >= 0.6 is 0 Å². The number of alkyl halides is 3. The first-order valence-electron chi connectivity index (χ1n) is 11.0. The van der Waals surface area contributed by atoms with Crippen LogP contribution in [0.1, 0.15) is 48.7 Å². The summed E-state index contributed by atoms with van der Waals surface area (Å²) >= 11 is 0. The third-order valence-electron chi connectivity index (χ3n) is 6.61. The van der Waals surface area contributed by atoms with Crippen LogP contribution in [0.2, 0.25) is 0 Å². The molecule has 4 heterocycles. The van der Waals surface area contributed by atoms with Gasteiger partial charge in [-0.2, -0.15) is 22.8 Å². The summed E-state index contributed by atoms with van der Waals surface area (Å²) in [6.45, 7) is 0.516. The molecule has 0 radical (unpaired) electrons. The van der Waals surface area contributed by atoms with Crippen LogP contribution in [-0.2, 0) is 13.2 Å². The van der Waals surface area contributed by atoms with Crippen molar-refractivity contribution in [3.05, 3.63) is 53.8 Å². The molecule has 34 heavy (non-hydrogen) atoms. The minimum atomic E-state index is -4.74. The van der Waals surface area contributed by atoms with E-state index in [4.69, 9.17) is 0 Å². The molecule has 0 amide bonds. The largest absolute Gasteiger partial charge is 0.433 e. The van der Waals surface area contributed by atoms with Gasteiger partial charge in [-0.1, -0.05) is 0 Å². The molecule has 0 unspecified atom stereocenters. The molecule has 2 fully saturated rings. The average molecular weight is 471 g/mol. The Morgan fingerprint density at radius 1 is 1.18 bits per heavy atom. The third-order valence-corrected chi connectivity index (χ3v) is 6.61.